The van der Waals surface area contributed by atoms with E-state index in [1.165, 1.54) is 29.2 Å². The molecule has 1 fully saturated rings. The summed E-state index contributed by atoms with van der Waals surface area (Å²) in [6.45, 7) is 1.07. The van der Waals surface area contributed by atoms with Gasteiger partial charge in [-0.05, 0) is 67.8 Å². The first-order chi connectivity index (χ1) is 19.1. The standard InChI is InChI=1S/C29H30BrClFN3O4S/c1-20(29(37)33-23-10-5-6-11-23)34(18-21-8-7-9-22(30)16-21)28(36)19-35(24-14-15-27(32)26(31)17-24)40(38,39)25-12-3-2-4-13-25/h2-4,7-9,12-17,20,23H,5-6,10-11,18-19H2,1H3,(H,33,37)/t20-/m0/s1. The van der Waals surface area contributed by atoms with Crippen molar-refractivity contribution in [2.45, 2.75) is 56.1 Å². The van der Waals surface area contributed by atoms with Gasteiger partial charge in [-0.3, -0.25) is 13.9 Å². The molecule has 0 bridgehead atoms. The molecule has 0 radical (unpaired) electrons. The van der Waals surface area contributed by atoms with Crippen LogP contribution in [-0.2, 0) is 26.2 Å². The van der Waals surface area contributed by atoms with Gasteiger partial charge in [-0.2, -0.15) is 0 Å². The third kappa shape index (κ3) is 7.21. The molecule has 0 spiro atoms. The van der Waals surface area contributed by atoms with Crippen LogP contribution in [0.5, 0.6) is 0 Å². The van der Waals surface area contributed by atoms with Crippen molar-refractivity contribution in [1.29, 1.82) is 0 Å². The van der Waals surface area contributed by atoms with Crippen LogP contribution in [0.2, 0.25) is 5.02 Å². The van der Waals surface area contributed by atoms with Crippen molar-refractivity contribution < 1.29 is 22.4 Å². The number of halogens is 3. The molecule has 3 aromatic rings. The van der Waals surface area contributed by atoms with Crippen molar-refractivity contribution in [3.05, 3.63) is 93.7 Å². The molecule has 1 aliphatic carbocycles. The molecule has 1 saturated carbocycles. The second-order valence-electron chi connectivity index (χ2n) is 9.74. The molecule has 11 heteroatoms. The van der Waals surface area contributed by atoms with Gasteiger partial charge in [-0.1, -0.05) is 70.7 Å². The highest BCUT2D eigenvalue weighted by Gasteiger charge is 2.33. The number of nitrogens with zero attached hydrogens (tertiary/aromatic N) is 2. The monoisotopic (exact) mass is 649 g/mol. The summed E-state index contributed by atoms with van der Waals surface area (Å²) in [6.07, 6.45) is 3.83. The van der Waals surface area contributed by atoms with Crippen molar-refractivity contribution in [3.8, 4) is 0 Å². The number of anilines is 1. The highest BCUT2D eigenvalue weighted by Crippen LogP contribution is 2.28. The fourth-order valence-electron chi connectivity index (χ4n) is 4.70. The van der Waals surface area contributed by atoms with Crippen molar-refractivity contribution in [2.24, 2.45) is 0 Å². The Morgan fingerprint density at radius 1 is 1.05 bits per heavy atom. The van der Waals surface area contributed by atoms with Gasteiger partial charge in [0.2, 0.25) is 11.8 Å². The van der Waals surface area contributed by atoms with Gasteiger partial charge in [-0.25, -0.2) is 12.8 Å². The van der Waals surface area contributed by atoms with Gasteiger partial charge in [0.05, 0.1) is 15.6 Å². The smallest absolute Gasteiger partial charge is 0.264 e. The first-order valence-corrected chi connectivity index (χ1v) is 15.5. The summed E-state index contributed by atoms with van der Waals surface area (Å²) in [5.41, 5.74) is 0.777. The topological polar surface area (TPSA) is 86.8 Å². The number of amides is 2. The van der Waals surface area contributed by atoms with E-state index in [1.807, 2.05) is 24.3 Å². The fraction of sp³-hybridized carbons (Fsp3) is 0.310. The molecule has 7 nitrogen and oxygen atoms in total. The zero-order valence-corrected chi connectivity index (χ0v) is 25.1. The Hall–Kier alpha value is -2.95. The number of carbonyl (C=O) groups excluding carboxylic acids is 2. The Bertz CT molecular complexity index is 1470. The Morgan fingerprint density at radius 3 is 2.40 bits per heavy atom. The van der Waals surface area contributed by atoms with E-state index >= 15 is 0 Å². The molecular weight excluding hydrogens is 621 g/mol. The highest BCUT2D eigenvalue weighted by atomic mass is 79.9. The summed E-state index contributed by atoms with van der Waals surface area (Å²) in [5, 5.41) is 2.75. The van der Waals surface area contributed by atoms with Crippen LogP contribution in [-0.4, -0.2) is 43.8 Å². The fourth-order valence-corrected chi connectivity index (χ4v) is 6.74. The Balaban J connectivity index is 1.69. The van der Waals surface area contributed by atoms with E-state index < -0.39 is 34.3 Å². The van der Waals surface area contributed by atoms with E-state index in [9.17, 15) is 22.4 Å². The van der Waals surface area contributed by atoms with Crippen molar-refractivity contribution in [1.82, 2.24) is 10.2 Å². The Labute approximate surface area is 247 Å². The average Bonchev–Trinajstić information content (AvgIpc) is 3.45. The molecule has 1 N–H and O–H groups in total. The van der Waals surface area contributed by atoms with Crippen LogP contribution in [0, 0.1) is 5.82 Å². The molecular formula is C29H30BrClFN3O4S. The van der Waals surface area contributed by atoms with Gasteiger partial charge < -0.3 is 10.2 Å². The number of sulfonamides is 1. The van der Waals surface area contributed by atoms with E-state index in [2.05, 4.69) is 21.2 Å². The van der Waals surface area contributed by atoms with Crippen LogP contribution in [0.4, 0.5) is 10.1 Å². The van der Waals surface area contributed by atoms with E-state index in [4.69, 9.17) is 11.6 Å². The normalized spacial score (nSPS) is 14.5. The summed E-state index contributed by atoms with van der Waals surface area (Å²) >= 11 is 9.43. The molecule has 1 atom stereocenters. The molecule has 0 unspecified atom stereocenters. The lowest BCUT2D eigenvalue weighted by molar-refractivity contribution is -0.139. The molecule has 212 valence electrons. The predicted octanol–water partition coefficient (Wildman–Crippen LogP) is 5.91. The van der Waals surface area contributed by atoms with Gasteiger partial charge >= 0.3 is 0 Å². The van der Waals surface area contributed by atoms with Crippen molar-refractivity contribution in [2.75, 3.05) is 10.8 Å². The molecule has 0 aliphatic heterocycles. The number of nitrogens with one attached hydrogen (secondary N) is 1. The molecule has 0 heterocycles. The molecule has 1 aliphatic rings. The summed E-state index contributed by atoms with van der Waals surface area (Å²) in [4.78, 5) is 28.5. The number of hydrogen-bond donors (Lipinski definition) is 1. The number of rotatable bonds is 10. The maximum atomic E-state index is 14.0. The predicted molar refractivity (Wildman–Crippen MR) is 157 cm³/mol. The zero-order chi connectivity index (χ0) is 28.9. The largest absolute Gasteiger partial charge is 0.352 e. The van der Waals surface area contributed by atoms with Gasteiger partial charge in [0.25, 0.3) is 10.0 Å². The molecule has 0 saturated heterocycles. The summed E-state index contributed by atoms with van der Waals surface area (Å²) in [6, 6.07) is 17.6. The Morgan fingerprint density at radius 2 is 1.75 bits per heavy atom. The van der Waals surface area contributed by atoms with E-state index in [1.54, 1.807) is 25.1 Å². The third-order valence-corrected chi connectivity index (χ3v) is 9.48. The zero-order valence-electron chi connectivity index (χ0n) is 21.9. The summed E-state index contributed by atoms with van der Waals surface area (Å²) in [7, 11) is -4.26. The number of hydrogen-bond acceptors (Lipinski definition) is 4. The Kier molecular flexibility index (Phi) is 9.86. The minimum absolute atomic E-state index is 0.0223. The van der Waals surface area contributed by atoms with Crippen LogP contribution in [0.1, 0.15) is 38.2 Å². The molecule has 4 rings (SSSR count). The van der Waals surface area contributed by atoms with E-state index in [-0.39, 0.29) is 34.1 Å². The second-order valence-corrected chi connectivity index (χ2v) is 12.9. The molecule has 40 heavy (non-hydrogen) atoms. The first kappa shape index (κ1) is 30.0. The lowest BCUT2D eigenvalue weighted by atomic mass is 10.1. The lowest BCUT2D eigenvalue weighted by Gasteiger charge is -2.32. The number of benzene rings is 3. The average molecular weight is 651 g/mol. The van der Waals surface area contributed by atoms with Crippen LogP contribution in [0.3, 0.4) is 0 Å². The van der Waals surface area contributed by atoms with Gasteiger partial charge in [0, 0.05) is 17.1 Å². The quantitative estimate of drug-likeness (QED) is 0.296. The lowest BCUT2D eigenvalue weighted by Crippen LogP contribution is -2.52. The van der Waals surface area contributed by atoms with Crippen molar-refractivity contribution >= 4 is 55.1 Å². The van der Waals surface area contributed by atoms with Crippen molar-refractivity contribution in [3.63, 3.8) is 0 Å². The maximum absolute atomic E-state index is 14.0. The SMILES string of the molecule is C[C@@H](C(=O)NC1CCCC1)N(Cc1cccc(Br)c1)C(=O)CN(c1ccc(F)c(Cl)c1)S(=O)(=O)c1ccccc1. The van der Waals surface area contributed by atoms with E-state index in [0.29, 0.717) is 0 Å². The van der Waals surface area contributed by atoms with Crippen LogP contribution in [0.15, 0.2) is 82.2 Å². The maximum Gasteiger partial charge on any atom is 0.264 e. The van der Waals surface area contributed by atoms with Crippen LogP contribution in [0.25, 0.3) is 0 Å². The van der Waals surface area contributed by atoms with Crippen LogP contribution < -0.4 is 9.62 Å². The second kappa shape index (κ2) is 13.1. The molecule has 2 amide bonds. The van der Waals surface area contributed by atoms with Gasteiger partial charge in [-0.15, -0.1) is 0 Å². The summed E-state index contributed by atoms with van der Waals surface area (Å²) < 4.78 is 43.2. The van der Waals surface area contributed by atoms with E-state index in [0.717, 1.165) is 46.1 Å². The molecule has 0 aromatic heterocycles. The minimum Gasteiger partial charge on any atom is -0.352 e. The molecule has 3 aromatic carbocycles. The summed E-state index contributed by atoms with van der Waals surface area (Å²) in [5.74, 6) is -1.63. The minimum atomic E-state index is -4.26. The third-order valence-electron chi connectivity index (χ3n) is 6.91. The first-order valence-electron chi connectivity index (χ1n) is 12.9. The number of carbonyl (C=O) groups is 2. The van der Waals surface area contributed by atoms with Crippen LogP contribution >= 0.6 is 27.5 Å². The van der Waals surface area contributed by atoms with Gasteiger partial charge in [0.15, 0.2) is 0 Å². The van der Waals surface area contributed by atoms with Gasteiger partial charge in [0.1, 0.15) is 18.4 Å². The highest BCUT2D eigenvalue weighted by molar-refractivity contribution is 9.10.